The van der Waals surface area contributed by atoms with E-state index in [1.165, 1.54) is 7.11 Å². The van der Waals surface area contributed by atoms with Gasteiger partial charge in [0.2, 0.25) is 0 Å². The summed E-state index contributed by atoms with van der Waals surface area (Å²) in [6.45, 7) is 0. The first-order valence-electron chi connectivity index (χ1n) is 4.85. The first-order chi connectivity index (χ1) is 6.69. The fourth-order valence-electron chi connectivity index (χ4n) is 1.93. The maximum absolute atomic E-state index is 11.3. The molecule has 1 fully saturated rings. The maximum atomic E-state index is 11.3. The van der Waals surface area contributed by atoms with Crippen LogP contribution in [0.5, 0.6) is 0 Å². The minimum atomic E-state index is -0.151. The van der Waals surface area contributed by atoms with Crippen molar-refractivity contribution >= 4 is 23.4 Å². The molecule has 80 valence electrons. The van der Waals surface area contributed by atoms with Crippen LogP contribution in [-0.4, -0.2) is 24.7 Å². The molecule has 0 saturated heterocycles. The molecule has 1 aliphatic rings. The summed E-state index contributed by atoms with van der Waals surface area (Å²) in [6.07, 6.45) is 3.04. The molecule has 14 heavy (non-hydrogen) atoms. The average Bonchev–Trinajstić information content (AvgIpc) is 2.27. The number of halogens is 1. The number of methoxy groups -OCH3 is 1. The van der Waals surface area contributed by atoms with E-state index >= 15 is 0 Å². The molecule has 0 unspecified atom stereocenters. The number of Topliss-reactive ketones (excluding diaryl/α,β-unsaturated/α-hetero) is 1. The Kier molecular flexibility index (Phi) is 4.39. The van der Waals surface area contributed by atoms with Crippen molar-refractivity contribution in [1.29, 1.82) is 0 Å². The molecule has 0 aromatic rings. The van der Waals surface area contributed by atoms with Crippen LogP contribution in [0.25, 0.3) is 0 Å². The summed E-state index contributed by atoms with van der Waals surface area (Å²) in [5.74, 6) is 0.0950. The molecule has 1 saturated carbocycles. The Morgan fingerprint density at radius 3 is 2.14 bits per heavy atom. The number of ether oxygens (including phenoxy) is 1. The zero-order valence-electron chi connectivity index (χ0n) is 8.29. The zero-order valence-corrected chi connectivity index (χ0v) is 9.05. The summed E-state index contributed by atoms with van der Waals surface area (Å²) in [5.41, 5.74) is 0. The van der Waals surface area contributed by atoms with E-state index in [0.717, 1.165) is 25.7 Å². The summed E-state index contributed by atoms with van der Waals surface area (Å²) < 4.78 is 4.66. The van der Waals surface area contributed by atoms with Gasteiger partial charge in [-0.15, -0.1) is 11.6 Å². The molecule has 0 amide bonds. The van der Waals surface area contributed by atoms with Gasteiger partial charge in [-0.3, -0.25) is 9.59 Å². The Morgan fingerprint density at radius 2 is 1.71 bits per heavy atom. The van der Waals surface area contributed by atoms with E-state index in [2.05, 4.69) is 4.74 Å². The highest BCUT2D eigenvalue weighted by molar-refractivity contribution is 6.27. The van der Waals surface area contributed by atoms with Crippen LogP contribution in [0.15, 0.2) is 0 Å². The van der Waals surface area contributed by atoms with Crippen LogP contribution in [0.4, 0.5) is 0 Å². The zero-order chi connectivity index (χ0) is 10.6. The lowest BCUT2D eigenvalue weighted by molar-refractivity contribution is -0.147. The Bertz CT molecular complexity index is 195. The number of rotatable bonds is 3. The van der Waals surface area contributed by atoms with Gasteiger partial charge in [0.15, 0.2) is 5.78 Å². The predicted molar refractivity (Wildman–Crippen MR) is 53.2 cm³/mol. The van der Waals surface area contributed by atoms with Gasteiger partial charge in [0.1, 0.15) is 0 Å². The third-order valence-corrected chi connectivity index (χ3v) is 3.11. The van der Waals surface area contributed by atoms with Crippen molar-refractivity contribution in [2.45, 2.75) is 25.7 Å². The minimum Gasteiger partial charge on any atom is -0.469 e. The molecule has 0 radical (unpaired) electrons. The van der Waals surface area contributed by atoms with Crippen molar-refractivity contribution < 1.29 is 14.3 Å². The molecule has 0 N–H and O–H groups in total. The van der Waals surface area contributed by atoms with Crippen molar-refractivity contribution in [2.75, 3.05) is 13.0 Å². The summed E-state index contributed by atoms with van der Waals surface area (Å²) >= 11 is 5.47. The highest BCUT2D eigenvalue weighted by Gasteiger charge is 2.29. The van der Waals surface area contributed by atoms with Gasteiger partial charge in [-0.1, -0.05) is 0 Å². The molecule has 3 nitrogen and oxygen atoms in total. The van der Waals surface area contributed by atoms with E-state index in [9.17, 15) is 9.59 Å². The number of hydrogen-bond donors (Lipinski definition) is 0. The third-order valence-electron chi connectivity index (χ3n) is 2.85. The molecular weight excluding hydrogens is 204 g/mol. The molecule has 0 aliphatic heterocycles. The van der Waals surface area contributed by atoms with Crippen LogP contribution in [0, 0.1) is 11.8 Å². The lowest BCUT2D eigenvalue weighted by atomic mass is 9.80. The SMILES string of the molecule is COC(=O)C1CCC(C(=O)CCl)CC1. The van der Waals surface area contributed by atoms with Gasteiger partial charge in [0, 0.05) is 5.92 Å². The number of carbonyl (C=O) groups excluding carboxylic acids is 2. The normalized spacial score (nSPS) is 27.0. The lowest BCUT2D eigenvalue weighted by Crippen LogP contribution is -2.27. The van der Waals surface area contributed by atoms with Crippen LogP contribution < -0.4 is 0 Å². The van der Waals surface area contributed by atoms with Crippen molar-refractivity contribution in [1.82, 2.24) is 0 Å². The molecule has 0 aromatic heterocycles. The van der Waals surface area contributed by atoms with Crippen molar-refractivity contribution in [3.63, 3.8) is 0 Å². The number of hydrogen-bond acceptors (Lipinski definition) is 3. The average molecular weight is 219 g/mol. The number of ketones is 1. The Hall–Kier alpha value is -0.570. The van der Waals surface area contributed by atoms with Gasteiger partial charge in [-0.25, -0.2) is 0 Å². The Balaban J connectivity index is 2.38. The molecule has 0 aromatic carbocycles. The Labute approximate surface area is 88.8 Å². The number of alkyl halides is 1. The van der Waals surface area contributed by atoms with Crippen LogP contribution in [-0.2, 0) is 14.3 Å². The van der Waals surface area contributed by atoms with Gasteiger partial charge in [0.25, 0.3) is 0 Å². The molecule has 4 heteroatoms. The van der Waals surface area contributed by atoms with Crippen molar-refractivity contribution in [3.8, 4) is 0 Å². The highest BCUT2D eigenvalue weighted by atomic mass is 35.5. The molecule has 0 spiro atoms. The molecule has 1 rings (SSSR count). The number of carbonyl (C=O) groups is 2. The third kappa shape index (κ3) is 2.71. The van der Waals surface area contributed by atoms with Gasteiger partial charge in [-0.2, -0.15) is 0 Å². The second-order valence-corrected chi connectivity index (χ2v) is 3.94. The number of esters is 1. The quantitative estimate of drug-likeness (QED) is 0.536. The monoisotopic (exact) mass is 218 g/mol. The van der Waals surface area contributed by atoms with E-state index in [4.69, 9.17) is 11.6 Å². The van der Waals surface area contributed by atoms with Crippen molar-refractivity contribution in [3.05, 3.63) is 0 Å². The van der Waals surface area contributed by atoms with Gasteiger partial charge < -0.3 is 4.74 Å². The smallest absolute Gasteiger partial charge is 0.308 e. The van der Waals surface area contributed by atoms with E-state index in [1.807, 2.05) is 0 Å². The minimum absolute atomic E-state index is 0.0145. The van der Waals surface area contributed by atoms with Crippen LogP contribution in [0.2, 0.25) is 0 Å². The summed E-state index contributed by atoms with van der Waals surface area (Å²) in [6, 6.07) is 0. The van der Waals surface area contributed by atoms with Gasteiger partial charge in [-0.05, 0) is 25.7 Å². The maximum Gasteiger partial charge on any atom is 0.308 e. The van der Waals surface area contributed by atoms with E-state index in [-0.39, 0.29) is 29.5 Å². The van der Waals surface area contributed by atoms with Gasteiger partial charge >= 0.3 is 5.97 Å². The first kappa shape index (κ1) is 11.5. The van der Waals surface area contributed by atoms with Crippen LogP contribution >= 0.6 is 11.6 Å². The highest BCUT2D eigenvalue weighted by Crippen LogP contribution is 2.30. The van der Waals surface area contributed by atoms with Gasteiger partial charge in [0.05, 0.1) is 18.9 Å². The molecule has 1 aliphatic carbocycles. The van der Waals surface area contributed by atoms with Crippen LogP contribution in [0.1, 0.15) is 25.7 Å². The predicted octanol–water partition coefficient (Wildman–Crippen LogP) is 1.77. The first-order valence-corrected chi connectivity index (χ1v) is 5.39. The fraction of sp³-hybridized carbons (Fsp3) is 0.800. The molecule has 0 bridgehead atoms. The van der Waals surface area contributed by atoms with E-state index < -0.39 is 0 Å². The van der Waals surface area contributed by atoms with Crippen LogP contribution in [0.3, 0.4) is 0 Å². The van der Waals surface area contributed by atoms with E-state index in [1.54, 1.807) is 0 Å². The summed E-state index contributed by atoms with van der Waals surface area (Å²) in [5, 5.41) is 0. The largest absolute Gasteiger partial charge is 0.469 e. The second-order valence-electron chi connectivity index (χ2n) is 3.67. The molecule has 0 atom stereocenters. The summed E-state index contributed by atoms with van der Waals surface area (Å²) in [7, 11) is 1.40. The summed E-state index contributed by atoms with van der Waals surface area (Å²) in [4.78, 5) is 22.4. The van der Waals surface area contributed by atoms with Crippen molar-refractivity contribution in [2.24, 2.45) is 11.8 Å². The molecule has 0 heterocycles. The topological polar surface area (TPSA) is 43.4 Å². The van der Waals surface area contributed by atoms with E-state index in [0.29, 0.717) is 0 Å². The molecular formula is C10H15ClO3. The second kappa shape index (κ2) is 5.35. The Morgan fingerprint density at radius 1 is 1.21 bits per heavy atom. The lowest BCUT2D eigenvalue weighted by Gasteiger charge is -2.25. The standard InChI is InChI=1S/C10H15ClO3/c1-14-10(13)8-4-2-7(3-5-8)9(12)6-11/h7-8H,2-6H2,1H3. The fourth-order valence-corrected chi connectivity index (χ4v) is 2.15.